The summed E-state index contributed by atoms with van der Waals surface area (Å²) in [5.41, 5.74) is 7.00. The van der Waals surface area contributed by atoms with Gasteiger partial charge in [0.1, 0.15) is 0 Å². The number of azo groups is 2. The molecular formula is C54H73BN6. The minimum atomic E-state index is -0.204. The van der Waals surface area contributed by atoms with Crippen LogP contribution in [-0.4, -0.2) is 25.8 Å². The smallest absolute Gasteiger partial charge is 0.0654 e. The second-order valence-electron chi connectivity index (χ2n) is 17.6. The molecule has 0 aliphatic carbocycles. The van der Waals surface area contributed by atoms with E-state index in [-0.39, 0.29) is 5.66 Å². The third kappa shape index (κ3) is 12.1. The average molecular weight is 817 g/mol. The Morgan fingerprint density at radius 2 is 1.00 bits per heavy atom. The summed E-state index contributed by atoms with van der Waals surface area (Å²) in [4.78, 5) is 5.18. The van der Waals surface area contributed by atoms with Crippen LogP contribution in [0, 0.1) is 0 Å². The van der Waals surface area contributed by atoms with Gasteiger partial charge in [0.2, 0.25) is 0 Å². The molecule has 7 heteroatoms. The number of nitrogens with zero attached hydrogens (tertiary/aromatic N) is 6. The van der Waals surface area contributed by atoms with Gasteiger partial charge in [0.15, 0.2) is 0 Å². The minimum absolute atomic E-state index is 0.204. The summed E-state index contributed by atoms with van der Waals surface area (Å²) in [5, 5.41) is 23.6. The van der Waals surface area contributed by atoms with Crippen molar-refractivity contribution in [3.05, 3.63) is 96.6 Å². The van der Waals surface area contributed by atoms with Gasteiger partial charge in [-0.2, -0.15) is 5.11 Å². The summed E-state index contributed by atoms with van der Waals surface area (Å²) < 4.78 is 0. The van der Waals surface area contributed by atoms with Crippen LogP contribution in [0.3, 0.4) is 0 Å². The van der Waals surface area contributed by atoms with Gasteiger partial charge < -0.3 is 0 Å². The molecule has 6 nitrogen and oxygen atoms in total. The van der Waals surface area contributed by atoms with Gasteiger partial charge in [0.25, 0.3) is 0 Å². The summed E-state index contributed by atoms with van der Waals surface area (Å²) >= 11 is 0. The van der Waals surface area contributed by atoms with Crippen LogP contribution < -0.4 is 9.80 Å². The second-order valence-corrected chi connectivity index (χ2v) is 17.6. The summed E-state index contributed by atoms with van der Waals surface area (Å²) in [6.45, 7) is 10.3. The van der Waals surface area contributed by atoms with Crippen molar-refractivity contribution in [1.29, 1.82) is 0 Å². The molecule has 322 valence electrons. The summed E-state index contributed by atoms with van der Waals surface area (Å²) in [6.07, 6.45) is 29.2. The van der Waals surface area contributed by atoms with E-state index in [1.807, 2.05) is 18.2 Å². The van der Waals surface area contributed by atoms with Crippen LogP contribution in [0.1, 0.15) is 162 Å². The van der Waals surface area contributed by atoms with Gasteiger partial charge in [-0.05, 0) is 30.5 Å². The standard InChI is InChI=1S/C54H73BN6/c1-5-8-11-13-15-16-17-18-19-20-24-40-54(4)60(41-25-21-14-12-9-6-2)51-31-26-30-47-50(38-39-52(53(47)51)61(54)42-55)59-58-49-37-36-48(45-28-22-23-29-46(45)49)57-56-44-34-32-43(33-35-44)27-10-7-3/h22-23,26,28-39,42,55H,5-21,24-25,27,40-41H2,1-4H3/b57-56+,59-58+. The molecule has 0 spiro atoms. The molecule has 1 heterocycles. The first-order valence-corrected chi connectivity index (χ1v) is 24.2. The first-order valence-electron chi connectivity index (χ1n) is 24.2. The Morgan fingerprint density at radius 3 is 1.59 bits per heavy atom. The maximum atomic E-state index is 4.98. The van der Waals surface area contributed by atoms with Crippen molar-refractivity contribution in [3.63, 3.8) is 0 Å². The SMILES string of the molecule is B=CN1c2ccc(/N=N/c3ccc(/N=N/c4ccc(CCCC)cc4)c4ccccc34)c3cccc(c23)N(CCCCCCCC)C1(C)CCCCCCCCCCCCC. The van der Waals surface area contributed by atoms with Crippen LogP contribution in [0.2, 0.25) is 0 Å². The molecule has 61 heavy (non-hydrogen) atoms. The Kier molecular flexibility index (Phi) is 18.1. The van der Waals surface area contributed by atoms with Gasteiger partial charge in [-0.1, -0.05) is 57.7 Å². The fraction of sp³-hybridized carbons (Fsp3) is 0.500. The third-order valence-electron chi connectivity index (χ3n) is 13.0. The Labute approximate surface area is 369 Å². The van der Waals surface area contributed by atoms with Gasteiger partial charge in [-0.15, -0.1) is 5.11 Å². The van der Waals surface area contributed by atoms with Gasteiger partial charge in [-0.25, -0.2) is 0 Å². The first kappa shape index (κ1) is 45.9. The van der Waals surface area contributed by atoms with Gasteiger partial charge in [0.05, 0.1) is 5.69 Å². The summed E-state index contributed by atoms with van der Waals surface area (Å²) in [5.74, 6) is 0. The van der Waals surface area contributed by atoms with E-state index in [4.69, 9.17) is 10.2 Å². The monoisotopic (exact) mass is 817 g/mol. The molecule has 0 aromatic heterocycles. The number of fused-ring (bicyclic) bond motifs is 1. The number of benzene rings is 5. The molecule has 0 bridgehead atoms. The van der Waals surface area contributed by atoms with Crippen molar-refractivity contribution in [3.8, 4) is 0 Å². The number of rotatable bonds is 27. The average Bonchev–Trinajstić information content (AvgIpc) is 3.29. The molecule has 0 fully saturated rings. The van der Waals surface area contributed by atoms with Crippen LogP contribution in [0.25, 0.3) is 21.5 Å². The number of hydrogen-bond acceptors (Lipinski definition) is 6. The molecule has 6 rings (SSSR count). The van der Waals surface area contributed by atoms with Crippen molar-refractivity contribution >= 4 is 69.2 Å². The predicted molar refractivity (Wildman–Crippen MR) is 267 cm³/mol. The number of unbranched alkanes of at least 4 members (excludes halogenated alkanes) is 16. The van der Waals surface area contributed by atoms with Crippen molar-refractivity contribution < 1.29 is 0 Å². The normalized spacial score (nSPS) is 15.3. The summed E-state index contributed by atoms with van der Waals surface area (Å²) in [6, 6.07) is 31.9. The quantitative estimate of drug-likeness (QED) is 0.0301. The van der Waals surface area contributed by atoms with E-state index in [1.165, 1.54) is 144 Å². The van der Waals surface area contributed by atoms with E-state index in [0.717, 1.165) is 58.3 Å². The Hall–Kier alpha value is -4.65. The molecule has 1 aliphatic rings. The molecule has 1 aliphatic heterocycles. The van der Waals surface area contributed by atoms with Crippen molar-refractivity contribution in [2.45, 2.75) is 168 Å². The van der Waals surface area contributed by atoms with E-state index in [0.29, 0.717) is 0 Å². The van der Waals surface area contributed by atoms with Crippen molar-refractivity contribution in [2.75, 3.05) is 16.3 Å². The minimum Gasteiger partial charge on any atom is -0.0654 e. The van der Waals surface area contributed by atoms with Gasteiger partial charge >= 0.3 is 267 Å². The van der Waals surface area contributed by atoms with Gasteiger partial charge in [-0.3, -0.25) is 0 Å². The molecular weight excluding hydrogens is 743 g/mol. The van der Waals surface area contributed by atoms with Gasteiger partial charge in [0, 0.05) is 0 Å². The van der Waals surface area contributed by atoms with Crippen LogP contribution in [0.5, 0.6) is 0 Å². The van der Waals surface area contributed by atoms with Crippen LogP contribution in [0.15, 0.2) is 111 Å². The zero-order chi connectivity index (χ0) is 42.7. The molecule has 1 atom stereocenters. The number of aryl methyl sites for hydroxylation is 1. The van der Waals surface area contributed by atoms with Crippen LogP contribution in [-0.2, 0) is 6.42 Å². The van der Waals surface area contributed by atoms with Crippen molar-refractivity contribution in [1.82, 2.24) is 0 Å². The first-order chi connectivity index (χ1) is 30.0. The molecule has 1 unspecified atom stereocenters. The zero-order valence-electron chi connectivity index (χ0n) is 38.2. The molecule has 0 amide bonds. The molecule has 0 N–H and O–H groups in total. The van der Waals surface area contributed by atoms with Crippen LogP contribution >= 0.6 is 0 Å². The fourth-order valence-corrected chi connectivity index (χ4v) is 9.37. The fourth-order valence-electron chi connectivity index (χ4n) is 9.37. The second kappa shape index (κ2) is 24.1. The molecule has 0 radical (unpaired) electrons. The van der Waals surface area contributed by atoms with Crippen molar-refractivity contribution in [2.24, 2.45) is 20.5 Å². The molecule has 0 saturated heterocycles. The Morgan fingerprint density at radius 1 is 0.492 bits per heavy atom. The van der Waals surface area contributed by atoms with E-state index in [9.17, 15) is 0 Å². The Bertz CT molecular complexity index is 2180. The molecule has 5 aromatic rings. The number of hydrogen-bond donors (Lipinski definition) is 0. The maximum absolute atomic E-state index is 4.98. The van der Waals surface area contributed by atoms with E-state index < -0.39 is 0 Å². The van der Waals surface area contributed by atoms with E-state index in [1.54, 1.807) is 0 Å². The van der Waals surface area contributed by atoms with Crippen LogP contribution in [0.4, 0.5) is 34.1 Å². The van der Waals surface area contributed by atoms with E-state index >= 15 is 0 Å². The predicted octanol–water partition coefficient (Wildman–Crippen LogP) is 17.2. The zero-order valence-corrected chi connectivity index (χ0v) is 38.2. The molecule has 5 aromatic carbocycles. The summed E-state index contributed by atoms with van der Waals surface area (Å²) in [7, 11) is 4.43. The Balaban J connectivity index is 1.22. The topological polar surface area (TPSA) is 55.9 Å². The number of anilines is 2. The third-order valence-corrected chi connectivity index (χ3v) is 13.0. The molecule has 0 saturated carbocycles. The van der Waals surface area contributed by atoms with E-state index in [2.05, 4.69) is 134 Å².